The highest BCUT2D eigenvalue weighted by Gasteiger charge is 2.34. The number of benzene rings is 1. The van der Waals surface area contributed by atoms with Gasteiger partial charge in [-0.1, -0.05) is 70.2 Å². The molecular formula is C34H41N5O2S. The first-order valence-electron chi connectivity index (χ1n) is 15.1. The van der Waals surface area contributed by atoms with E-state index in [2.05, 4.69) is 68.0 Å². The number of nitrogens with one attached hydrogen (secondary N) is 2. The molecule has 8 heteroatoms. The molecule has 7 nitrogen and oxygen atoms in total. The number of carbonyl (C=O) groups excluding carboxylic acids is 1. The lowest BCUT2D eigenvalue weighted by Gasteiger charge is -2.46. The van der Waals surface area contributed by atoms with E-state index in [1.165, 1.54) is 23.0 Å². The van der Waals surface area contributed by atoms with Crippen LogP contribution < -0.4 is 10.9 Å². The molecule has 0 bridgehead atoms. The highest BCUT2D eigenvalue weighted by atomic mass is 32.1. The van der Waals surface area contributed by atoms with Crippen LogP contribution in [0.4, 0.5) is 0 Å². The van der Waals surface area contributed by atoms with Crippen molar-refractivity contribution in [1.82, 2.24) is 25.2 Å². The van der Waals surface area contributed by atoms with Crippen LogP contribution in [0.1, 0.15) is 80.1 Å². The van der Waals surface area contributed by atoms with Gasteiger partial charge in [0.2, 0.25) is 5.56 Å². The molecule has 0 saturated carbocycles. The summed E-state index contributed by atoms with van der Waals surface area (Å²) >= 11 is 1.39. The molecule has 1 fully saturated rings. The molecular weight excluding hydrogens is 542 g/mol. The van der Waals surface area contributed by atoms with E-state index in [-0.39, 0.29) is 22.9 Å². The Morgan fingerprint density at radius 3 is 2.52 bits per heavy atom. The number of fused-ring (bicyclic) bond motifs is 2. The van der Waals surface area contributed by atoms with Gasteiger partial charge in [0.15, 0.2) is 5.01 Å². The van der Waals surface area contributed by atoms with Gasteiger partial charge in [-0.2, -0.15) is 0 Å². The number of pyridine rings is 2. The van der Waals surface area contributed by atoms with E-state index in [9.17, 15) is 9.59 Å². The fourth-order valence-electron chi connectivity index (χ4n) is 6.52. The lowest BCUT2D eigenvalue weighted by molar-refractivity contribution is 0.0280. The van der Waals surface area contributed by atoms with Crippen LogP contribution in [0.3, 0.4) is 0 Å². The Morgan fingerprint density at radius 2 is 1.86 bits per heavy atom. The van der Waals surface area contributed by atoms with E-state index < -0.39 is 0 Å². The Kier molecular flexibility index (Phi) is 7.56. The van der Waals surface area contributed by atoms with Crippen molar-refractivity contribution in [2.75, 3.05) is 19.6 Å². The molecule has 1 saturated heterocycles. The third-order valence-electron chi connectivity index (χ3n) is 8.94. The van der Waals surface area contributed by atoms with Crippen molar-refractivity contribution in [1.29, 1.82) is 0 Å². The number of carbonyl (C=O) groups is 1. The molecule has 3 aromatic heterocycles. The minimum Gasteiger partial charge on any atom is -0.343 e. The van der Waals surface area contributed by atoms with Crippen molar-refractivity contribution >= 4 is 27.6 Å². The Balaban J connectivity index is 1.21. The smallest absolute Gasteiger partial charge is 0.280 e. The molecule has 0 spiro atoms. The zero-order chi connectivity index (χ0) is 29.6. The topological polar surface area (TPSA) is 91.0 Å². The van der Waals surface area contributed by atoms with E-state index >= 15 is 0 Å². The van der Waals surface area contributed by atoms with E-state index in [4.69, 9.17) is 9.97 Å². The highest BCUT2D eigenvalue weighted by Crippen LogP contribution is 2.38. The molecule has 1 unspecified atom stereocenters. The molecule has 4 heterocycles. The first kappa shape index (κ1) is 28.7. The minimum absolute atomic E-state index is 0.119. The van der Waals surface area contributed by atoms with Crippen molar-refractivity contribution in [2.24, 2.45) is 16.7 Å². The fraction of sp³-hybridized carbons (Fsp3) is 0.471. The fourth-order valence-corrected chi connectivity index (χ4v) is 7.37. The quantitative estimate of drug-likeness (QED) is 0.263. The number of hydrogen-bond donors (Lipinski definition) is 2. The van der Waals surface area contributed by atoms with Crippen molar-refractivity contribution in [3.8, 4) is 11.1 Å². The van der Waals surface area contributed by atoms with Gasteiger partial charge in [-0.05, 0) is 76.8 Å². The number of nitrogens with zero attached hydrogens (tertiary/aromatic N) is 3. The summed E-state index contributed by atoms with van der Waals surface area (Å²) in [5, 5.41) is 3.77. The molecule has 2 N–H and O–H groups in total. The van der Waals surface area contributed by atoms with Crippen LogP contribution >= 0.6 is 11.3 Å². The summed E-state index contributed by atoms with van der Waals surface area (Å²) in [5.74, 6) is 0.473. The van der Waals surface area contributed by atoms with Crippen molar-refractivity contribution in [3.05, 3.63) is 80.8 Å². The Morgan fingerprint density at radius 1 is 1.12 bits per heavy atom. The van der Waals surface area contributed by atoms with Gasteiger partial charge in [0, 0.05) is 37.6 Å². The van der Waals surface area contributed by atoms with E-state index in [1.807, 2.05) is 18.2 Å². The van der Waals surface area contributed by atoms with Gasteiger partial charge < -0.3 is 15.2 Å². The van der Waals surface area contributed by atoms with Crippen molar-refractivity contribution in [2.45, 2.75) is 66.3 Å². The number of amides is 1. The lowest BCUT2D eigenvalue weighted by atomic mass is 9.71. The second-order valence-corrected chi connectivity index (χ2v) is 15.0. The minimum atomic E-state index is -0.151. The van der Waals surface area contributed by atoms with Crippen molar-refractivity contribution < 1.29 is 4.79 Å². The number of likely N-dealkylation sites (tertiary alicyclic amines) is 1. The van der Waals surface area contributed by atoms with Crippen LogP contribution in [-0.2, 0) is 12.8 Å². The number of aryl methyl sites for hydroxylation is 1. The molecule has 42 heavy (non-hydrogen) atoms. The SMILES string of the molecule is CC1(C)CN(CCC(NC(=O)c2nc3cc4c(nc3s2)CC[C@H](C(C)(C)C)C4)c2ccc(-c3ccc(=O)[nH]c3)cc2)C1. The van der Waals surface area contributed by atoms with Crippen LogP contribution in [0.5, 0.6) is 0 Å². The molecule has 220 valence electrons. The zero-order valence-corrected chi connectivity index (χ0v) is 26.1. The maximum Gasteiger partial charge on any atom is 0.280 e. The predicted octanol–water partition coefficient (Wildman–Crippen LogP) is 6.40. The van der Waals surface area contributed by atoms with Crippen LogP contribution in [0.2, 0.25) is 0 Å². The summed E-state index contributed by atoms with van der Waals surface area (Å²) in [5.41, 5.74) is 6.78. The van der Waals surface area contributed by atoms with E-state index in [0.29, 0.717) is 16.3 Å². The van der Waals surface area contributed by atoms with Crippen LogP contribution in [0.25, 0.3) is 21.5 Å². The largest absolute Gasteiger partial charge is 0.343 e. The van der Waals surface area contributed by atoms with E-state index in [0.717, 1.165) is 78.0 Å². The van der Waals surface area contributed by atoms with Gasteiger partial charge in [-0.3, -0.25) is 9.59 Å². The summed E-state index contributed by atoms with van der Waals surface area (Å²) in [6, 6.07) is 13.6. The third-order valence-corrected chi connectivity index (χ3v) is 9.90. The average Bonchev–Trinajstić information content (AvgIpc) is 3.35. The Bertz CT molecular complexity index is 1640. The summed E-state index contributed by atoms with van der Waals surface area (Å²) in [4.78, 5) is 40.8. The second-order valence-electron chi connectivity index (χ2n) is 14.0. The summed E-state index contributed by atoms with van der Waals surface area (Å²) in [7, 11) is 0. The van der Waals surface area contributed by atoms with Gasteiger partial charge >= 0.3 is 0 Å². The molecule has 0 radical (unpaired) electrons. The van der Waals surface area contributed by atoms with Gasteiger partial charge in [0.1, 0.15) is 10.3 Å². The second kappa shape index (κ2) is 11.0. The average molecular weight is 584 g/mol. The number of thiazole rings is 1. The lowest BCUT2D eigenvalue weighted by Crippen LogP contribution is -2.53. The Labute approximate surface area is 251 Å². The molecule has 6 rings (SSSR count). The van der Waals surface area contributed by atoms with Gasteiger partial charge in [0.25, 0.3) is 5.91 Å². The molecule has 1 aromatic carbocycles. The van der Waals surface area contributed by atoms with Crippen LogP contribution in [0, 0.1) is 16.7 Å². The van der Waals surface area contributed by atoms with Gasteiger partial charge in [-0.25, -0.2) is 9.97 Å². The summed E-state index contributed by atoms with van der Waals surface area (Å²) in [6.45, 7) is 14.6. The summed E-state index contributed by atoms with van der Waals surface area (Å²) < 4.78 is 0. The Hall–Kier alpha value is -3.36. The standard InChI is InChI=1S/C34H41N5O2S/c1-33(2,3)25-11-12-26-24(16-25)17-28-31(37-26)42-32(38-28)30(41)36-27(14-15-39-19-34(4,5)20-39)22-8-6-21(7-9-22)23-10-13-29(40)35-18-23/h6-10,13,17-18,25,27H,11-12,14-16,19-20H2,1-5H3,(H,35,40)(H,36,41)/t25-,27?/m0/s1. The van der Waals surface area contributed by atoms with E-state index in [1.54, 1.807) is 6.20 Å². The number of H-pyrrole nitrogens is 1. The first-order chi connectivity index (χ1) is 19.9. The predicted molar refractivity (Wildman–Crippen MR) is 170 cm³/mol. The molecule has 1 aliphatic heterocycles. The van der Waals surface area contributed by atoms with Gasteiger partial charge in [-0.15, -0.1) is 0 Å². The molecule has 1 amide bonds. The van der Waals surface area contributed by atoms with Gasteiger partial charge in [0.05, 0.1) is 6.04 Å². The number of aromatic nitrogens is 3. The molecule has 2 aliphatic rings. The van der Waals surface area contributed by atoms with Crippen LogP contribution in [-0.4, -0.2) is 45.4 Å². The normalized spacial score (nSPS) is 19.2. The molecule has 1 aliphatic carbocycles. The monoisotopic (exact) mass is 583 g/mol. The summed E-state index contributed by atoms with van der Waals surface area (Å²) in [6.07, 6.45) is 5.69. The van der Waals surface area contributed by atoms with Crippen molar-refractivity contribution in [3.63, 3.8) is 0 Å². The maximum absolute atomic E-state index is 13.6. The molecule has 4 aromatic rings. The maximum atomic E-state index is 13.6. The molecule has 2 atom stereocenters. The first-order valence-corrected chi connectivity index (χ1v) is 15.9. The number of hydrogen-bond acceptors (Lipinski definition) is 6. The highest BCUT2D eigenvalue weighted by molar-refractivity contribution is 7.19. The van der Waals surface area contributed by atoms with Crippen LogP contribution in [0.15, 0.2) is 53.5 Å². The zero-order valence-electron chi connectivity index (χ0n) is 25.3. The number of rotatable bonds is 7. The third kappa shape index (κ3) is 6.20. The number of aromatic amines is 1.